The van der Waals surface area contributed by atoms with E-state index in [0.29, 0.717) is 5.70 Å². The summed E-state index contributed by atoms with van der Waals surface area (Å²) in [5.74, 6) is 0.915. The van der Waals surface area contributed by atoms with E-state index in [1.54, 1.807) is 12.4 Å². The van der Waals surface area contributed by atoms with E-state index in [1.807, 2.05) is 31.2 Å². The van der Waals surface area contributed by atoms with Crippen molar-refractivity contribution in [1.29, 1.82) is 0 Å². The molecule has 4 aromatic rings. The van der Waals surface area contributed by atoms with E-state index in [2.05, 4.69) is 157 Å². The fourth-order valence-corrected chi connectivity index (χ4v) is 7.23. The molecule has 4 aromatic carbocycles. The Morgan fingerprint density at radius 2 is 1.57 bits per heavy atom. The molecule has 5 heteroatoms. The molecule has 0 fully saturated rings. The van der Waals surface area contributed by atoms with Gasteiger partial charge >= 0.3 is 0 Å². The molecule has 0 spiro atoms. The maximum atomic E-state index is 6.76. The van der Waals surface area contributed by atoms with Crippen LogP contribution in [0.4, 0.5) is 0 Å². The van der Waals surface area contributed by atoms with Gasteiger partial charge < -0.3 is 10.6 Å². The van der Waals surface area contributed by atoms with Gasteiger partial charge in [-0.3, -0.25) is 10.3 Å². The average molecular weight is 692 g/mol. The van der Waals surface area contributed by atoms with E-state index in [9.17, 15) is 0 Å². The zero-order valence-electron chi connectivity index (χ0n) is 30.4. The lowest BCUT2D eigenvalue weighted by Gasteiger charge is -2.39. The summed E-state index contributed by atoms with van der Waals surface area (Å²) in [7, 11) is 2.10. The number of aliphatic imine (C=N–C) groups is 2. The highest BCUT2D eigenvalue weighted by Crippen LogP contribution is 2.38. The number of amidine groups is 1. The van der Waals surface area contributed by atoms with Crippen molar-refractivity contribution < 1.29 is 0 Å². The Morgan fingerprint density at radius 3 is 2.30 bits per heavy atom. The van der Waals surface area contributed by atoms with E-state index in [4.69, 9.17) is 10.7 Å². The number of allylic oxidation sites excluding steroid dienone is 8. The third-order valence-corrected chi connectivity index (χ3v) is 9.88. The topological polar surface area (TPSA) is 66.0 Å². The molecule has 3 aliphatic rings. The van der Waals surface area contributed by atoms with E-state index in [-0.39, 0.29) is 12.3 Å². The van der Waals surface area contributed by atoms with Crippen LogP contribution >= 0.6 is 0 Å². The molecule has 0 bridgehead atoms. The number of hydrogen-bond acceptors (Lipinski definition) is 5. The van der Waals surface area contributed by atoms with Crippen LogP contribution in [0.2, 0.25) is 0 Å². The van der Waals surface area contributed by atoms with E-state index >= 15 is 0 Å². The summed E-state index contributed by atoms with van der Waals surface area (Å²) in [5, 5.41) is 3.86. The lowest BCUT2D eigenvalue weighted by atomic mass is 9.87. The van der Waals surface area contributed by atoms with Crippen LogP contribution in [0, 0.1) is 0 Å². The minimum atomic E-state index is -0.250. The number of nitrogens with two attached hydrogens (primary N) is 1. The van der Waals surface area contributed by atoms with Crippen molar-refractivity contribution in [2.24, 2.45) is 15.7 Å². The fourth-order valence-electron chi connectivity index (χ4n) is 7.23. The second kappa shape index (κ2) is 15.9. The van der Waals surface area contributed by atoms with Crippen molar-refractivity contribution in [2.45, 2.75) is 32.1 Å². The van der Waals surface area contributed by atoms with Crippen LogP contribution in [0.3, 0.4) is 0 Å². The first-order valence-electron chi connectivity index (χ1n) is 18.1. The highest BCUT2D eigenvalue weighted by atomic mass is 15.4. The molecule has 1 aliphatic heterocycles. The molecular formula is C48H45N5. The van der Waals surface area contributed by atoms with Crippen molar-refractivity contribution in [3.63, 3.8) is 0 Å². The van der Waals surface area contributed by atoms with Crippen LogP contribution in [0.25, 0.3) is 41.1 Å². The summed E-state index contributed by atoms with van der Waals surface area (Å²) >= 11 is 0. The Bertz CT molecular complexity index is 2280. The second-order valence-electron chi connectivity index (χ2n) is 13.2. The highest BCUT2D eigenvalue weighted by molar-refractivity contribution is 5.99. The highest BCUT2D eigenvalue weighted by Gasteiger charge is 2.31. The van der Waals surface area contributed by atoms with Gasteiger partial charge in [-0.2, -0.15) is 0 Å². The summed E-state index contributed by atoms with van der Waals surface area (Å²) in [5.41, 5.74) is 20.5. The van der Waals surface area contributed by atoms with Gasteiger partial charge in [-0.05, 0) is 111 Å². The number of hydrogen-bond donors (Lipinski definition) is 2. The Kier molecular flexibility index (Phi) is 10.6. The zero-order valence-corrected chi connectivity index (χ0v) is 30.4. The van der Waals surface area contributed by atoms with Crippen molar-refractivity contribution in [3.8, 4) is 0 Å². The molecule has 1 heterocycles. The molecule has 53 heavy (non-hydrogen) atoms. The van der Waals surface area contributed by atoms with Gasteiger partial charge in [0.1, 0.15) is 18.2 Å². The van der Waals surface area contributed by atoms with Crippen molar-refractivity contribution in [3.05, 3.63) is 196 Å². The lowest BCUT2D eigenvalue weighted by Crippen LogP contribution is -2.46. The van der Waals surface area contributed by atoms with E-state index < -0.39 is 0 Å². The van der Waals surface area contributed by atoms with Gasteiger partial charge in [-0.15, -0.1) is 0 Å². The molecule has 0 aromatic heterocycles. The third-order valence-electron chi connectivity index (χ3n) is 9.88. The van der Waals surface area contributed by atoms with Crippen LogP contribution < -0.4 is 11.1 Å². The quantitative estimate of drug-likeness (QED) is 0.172. The van der Waals surface area contributed by atoms with Gasteiger partial charge in [-0.1, -0.05) is 129 Å². The molecule has 2 unspecified atom stereocenters. The molecule has 0 radical (unpaired) electrons. The zero-order chi connectivity index (χ0) is 36.7. The Labute approximate surface area is 313 Å². The van der Waals surface area contributed by atoms with E-state index in [0.717, 1.165) is 74.3 Å². The van der Waals surface area contributed by atoms with Gasteiger partial charge in [0.2, 0.25) is 0 Å². The molecule has 262 valence electrons. The normalized spacial score (nSPS) is 18.5. The van der Waals surface area contributed by atoms with Crippen LogP contribution in [-0.2, 0) is 0 Å². The average Bonchev–Trinajstić information content (AvgIpc) is 3.62. The fraction of sp³-hybridized carbons (Fsp3) is 0.125. The summed E-state index contributed by atoms with van der Waals surface area (Å²) in [4.78, 5) is 11.8. The molecular weight excluding hydrogens is 647 g/mol. The van der Waals surface area contributed by atoms with Gasteiger partial charge in [0.05, 0.1) is 5.70 Å². The standard InChI is InChI=1S/C48H45N5/c1-5-33-31-44(43-26-16-10-15-25-42(43)41(33)6-2)37-24-18-17-23-36(27-37)38-28-39(45(49)32-50-7-3)30-40(29-38)48-52-46(34-19-11-8-12-20-34)51-47(53(48)4)35-21-13-9-14-22-35/h5-9,11-16,18-32,46,48,52H,1-2,10,17,49H2,3-4H3/b45-32-,50-7?. The summed E-state index contributed by atoms with van der Waals surface area (Å²) in [6.45, 7) is 10.2. The Hall–Kier alpha value is -6.30. The van der Waals surface area contributed by atoms with Crippen LogP contribution in [0.1, 0.15) is 87.7 Å². The van der Waals surface area contributed by atoms with Crippen LogP contribution in [-0.4, -0.2) is 24.0 Å². The molecule has 0 amide bonds. The SMILES string of the molecule is C=Cc1cc(C2=CC(c3cc(/C(N)=C/N=CC)cc(C4NC(c5ccccc5)N=C(c5ccccc5)N4C)c3)=CCC=C2)c2c(c1C=C)C=CCC=C2. The van der Waals surface area contributed by atoms with Crippen LogP contribution in [0.5, 0.6) is 0 Å². The first kappa shape index (κ1) is 35.1. The second-order valence-corrected chi connectivity index (χ2v) is 13.2. The smallest absolute Gasteiger partial charge is 0.134 e. The Morgan fingerprint density at radius 1 is 0.830 bits per heavy atom. The van der Waals surface area contributed by atoms with Gasteiger partial charge in [0.15, 0.2) is 0 Å². The van der Waals surface area contributed by atoms with Gasteiger partial charge in [-0.25, -0.2) is 4.99 Å². The summed E-state index contributed by atoms with van der Waals surface area (Å²) < 4.78 is 0. The maximum absolute atomic E-state index is 6.76. The Balaban J connectivity index is 1.38. The molecule has 2 aliphatic carbocycles. The predicted octanol–water partition coefficient (Wildman–Crippen LogP) is 10.9. The minimum Gasteiger partial charge on any atom is -0.397 e. The number of rotatable bonds is 9. The molecule has 0 saturated heterocycles. The largest absolute Gasteiger partial charge is 0.397 e. The van der Waals surface area contributed by atoms with Crippen molar-refractivity contribution in [1.82, 2.24) is 10.2 Å². The summed E-state index contributed by atoms with van der Waals surface area (Å²) in [6.07, 6.45) is 26.5. The predicted molar refractivity (Wildman–Crippen MR) is 228 cm³/mol. The van der Waals surface area contributed by atoms with E-state index in [1.165, 1.54) is 11.1 Å². The van der Waals surface area contributed by atoms with Crippen LogP contribution in [0.15, 0.2) is 151 Å². The first-order chi connectivity index (χ1) is 26.0. The molecule has 2 atom stereocenters. The van der Waals surface area contributed by atoms with Gasteiger partial charge in [0, 0.05) is 25.0 Å². The van der Waals surface area contributed by atoms with Crippen molar-refractivity contribution in [2.75, 3.05) is 7.05 Å². The number of fused-ring (bicyclic) bond motifs is 1. The molecule has 3 N–H and O–H groups in total. The third kappa shape index (κ3) is 7.39. The molecule has 7 rings (SSSR count). The van der Waals surface area contributed by atoms with Gasteiger partial charge in [0.25, 0.3) is 0 Å². The summed E-state index contributed by atoms with van der Waals surface area (Å²) in [6, 6.07) is 29.7. The number of benzene rings is 4. The van der Waals surface area contributed by atoms with Crippen molar-refractivity contribution >= 4 is 53.2 Å². The number of nitrogens with one attached hydrogen (secondary N) is 1. The minimum absolute atomic E-state index is 0.212. The molecule has 5 nitrogen and oxygen atoms in total. The number of nitrogens with zero attached hydrogens (tertiary/aromatic N) is 3. The molecule has 0 saturated carbocycles. The monoisotopic (exact) mass is 691 g/mol. The lowest BCUT2D eigenvalue weighted by molar-refractivity contribution is 0.257. The maximum Gasteiger partial charge on any atom is 0.134 e. The first-order valence-corrected chi connectivity index (χ1v) is 18.1.